The topological polar surface area (TPSA) is 81.3 Å². The minimum Gasteiger partial charge on any atom is -0.326 e. The van der Waals surface area contributed by atoms with Gasteiger partial charge in [0.2, 0.25) is 11.9 Å². The zero-order chi connectivity index (χ0) is 15.0. The van der Waals surface area contributed by atoms with Gasteiger partial charge >= 0.3 is 6.03 Å². The van der Waals surface area contributed by atoms with Gasteiger partial charge in [-0.05, 0) is 18.6 Å². The molecular weight excluding hydrogens is 270 g/mol. The summed E-state index contributed by atoms with van der Waals surface area (Å²) in [4.78, 5) is 34.3. The van der Waals surface area contributed by atoms with Crippen molar-refractivity contribution in [3.05, 3.63) is 23.8 Å². The van der Waals surface area contributed by atoms with Gasteiger partial charge in [0.05, 0.1) is 11.0 Å². The van der Waals surface area contributed by atoms with Crippen LogP contribution in [0.1, 0.15) is 5.56 Å². The molecule has 2 heterocycles. The Morgan fingerprint density at radius 2 is 2.24 bits per heavy atom. The maximum atomic E-state index is 12.0. The molecule has 0 saturated carbocycles. The summed E-state index contributed by atoms with van der Waals surface area (Å²) in [5, 5.41) is 2.70. The van der Waals surface area contributed by atoms with Gasteiger partial charge in [-0.3, -0.25) is 10.1 Å². The lowest BCUT2D eigenvalue weighted by Crippen LogP contribution is -2.36. The Kier molecular flexibility index (Phi) is 3.25. The van der Waals surface area contributed by atoms with Crippen molar-refractivity contribution in [3.8, 4) is 0 Å². The molecule has 2 N–H and O–H groups in total. The Hall–Kier alpha value is -2.57. The number of aromatic amines is 1. The molecule has 7 heteroatoms. The molecule has 21 heavy (non-hydrogen) atoms. The number of likely N-dealkylation sites (N-methyl/N-ethyl adjacent to an activating group) is 1. The number of rotatable bonds is 3. The molecule has 3 amide bonds. The van der Waals surface area contributed by atoms with Crippen molar-refractivity contribution in [1.82, 2.24) is 19.8 Å². The van der Waals surface area contributed by atoms with Gasteiger partial charge in [-0.25, -0.2) is 9.78 Å². The maximum Gasteiger partial charge on any atom is 0.320 e. The van der Waals surface area contributed by atoms with E-state index in [1.54, 1.807) is 11.9 Å². The van der Waals surface area contributed by atoms with E-state index in [0.717, 1.165) is 16.6 Å². The average molecular weight is 287 g/mol. The Balaban J connectivity index is 1.69. The first kappa shape index (κ1) is 13.4. The van der Waals surface area contributed by atoms with Crippen LogP contribution in [0.4, 0.5) is 10.7 Å². The van der Waals surface area contributed by atoms with Crippen LogP contribution in [0.25, 0.3) is 11.0 Å². The highest BCUT2D eigenvalue weighted by molar-refractivity contribution is 5.94. The molecular formula is C14H17N5O2. The van der Waals surface area contributed by atoms with Crippen LogP contribution in [0.15, 0.2) is 18.2 Å². The quantitative estimate of drug-likeness (QED) is 0.889. The van der Waals surface area contributed by atoms with Gasteiger partial charge in [-0.1, -0.05) is 12.1 Å². The molecule has 2 aromatic rings. The molecule has 0 spiro atoms. The van der Waals surface area contributed by atoms with E-state index >= 15 is 0 Å². The summed E-state index contributed by atoms with van der Waals surface area (Å²) >= 11 is 0. The van der Waals surface area contributed by atoms with Gasteiger partial charge in [0, 0.05) is 20.1 Å². The van der Waals surface area contributed by atoms with Crippen LogP contribution in [0.5, 0.6) is 0 Å². The van der Waals surface area contributed by atoms with Gasteiger partial charge in [-0.2, -0.15) is 0 Å². The van der Waals surface area contributed by atoms with Gasteiger partial charge < -0.3 is 14.8 Å². The van der Waals surface area contributed by atoms with Crippen molar-refractivity contribution in [2.24, 2.45) is 0 Å². The average Bonchev–Trinajstić information content (AvgIpc) is 2.98. The summed E-state index contributed by atoms with van der Waals surface area (Å²) in [5.74, 6) is 0.152. The predicted molar refractivity (Wildman–Crippen MR) is 79.1 cm³/mol. The molecule has 3 rings (SSSR count). The van der Waals surface area contributed by atoms with Gasteiger partial charge in [0.25, 0.3) is 0 Å². The molecule has 1 saturated heterocycles. The standard InChI is InChI=1S/C14H17N5O2/c1-9-4-3-5-10-12(9)17-13(15-10)16-11(20)8-19-7-6-18(2)14(19)21/h3-5H,6-8H2,1-2H3,(H2,15,16,17,20). The number of aryl methyl sites for hydroxylation is 1. The number of carbonyl (C=O) groups is 2. The van der Waals surface area contributed by atoms with E-state index in [9.17, 15) is 9.59 Å². The lowest BCUT2D eigenvalue weighted by atomic mass is 10.2. The molecule has 0 atom stereocenters. The number of fused-ring (bicyclic) bond motifs is 1. The number of H-pyrrole nitrogens is 1. The van der Waals surface area contributed by atoms with Crippen LogP contribution in [-0.4, -0.2) is 58.4 Å². The number of aromatic nitrogens is 2. The number of para-hydroxylation sites is 1. The SMILES string of the molecule is Cc1cccc2[nH]c(NC(=O)CN3CCN(C)C3=O)nc12. The number of hydrogen-bond acceptors (Lipinski definition) is 3. The zero-order valence-electron chi connectivity index (χ0n) is 12.0. The van der Waals surface area contributed by atoms with Crippen LogP contribution in [0.2, 0.25) is 0 Å². The number of urea groups is 1. The Morgan fingerprint density at radius 3 is 2.90 bits per heavy atom. The summed E-state index contributed by atoms with van der Waals surface area (Å²) in [5.41, 5.74) is 2.76. The highest BCUT2D eigenvalue weighted by Gasteiger charge is 2.27. The van der Waals surface area contributed by atoms with Crippen LogP contribution < -0.4 is 5.32 Å². The highest BCUT2D eigenvalue weighted by Crippen LogP contribution is 2.17. The highest BCUT2D eigenvalue weighted by atomic mass is 16.2. The number of nitrogens with one attached hydrogen (secondary N) is 2. The first-order valence-electron chi connectivity index (χ1n) is 6.80. The maximum absolute atomic E-state index is 12.0. The third-order valence-corrected chi connectivity index (χ3v) is 3.61. The first-order chi connectivity index (χ1) is 10.0. The Morgan fingerprint density at radius 1 is 1.43 bits per heavy atom. The molecule has 0 aliphatic carbocycles. The van der Waals surface area contributed by atoms with E-state index in [2.05, 4.69) is 15.3 Å². The van der Waals surface area contributed by atoms with E-state index in [4.69, 9.17) is 0 Å². The van der Waals surface area contributed by atoms with E-state index in [-0.39, 0.29) is 18.5 Å². The lowest BCUT2D eigenvalue weighted by molar-refractivity contribution is -0.116. The smallest absolute Gasteiger partial charge is 0.320 e. The third-order valence-electron chi connectivity index (χ3n) is 3.61. The molecule has 7 nitrogen and oxygen atoms in total. The molecule has 0 radical (unpaired) electrons. The largest absolute Gasteiger partial charge is 0.326 e. The van der Waals surface area contributed by atoms with Gasteiger partial charge in [-0.15, -0.1) is 0 Å². The lowest BCUT2D eigenvalue weighted by Gasteiger charge is -2.14. The molecule has 1 aromatic carbocycles. The van der Waals surface area contributed by atoms with Crippen molar-refractivity contribution >= 4 is 28.9 Å². The van der Waals surface area contributed by atoms with Crippen molar-refractivity contribution in [2.75, 3.05) is 32.0 Å². The van der Waals surface area contributed by atoms with Crippen molar-refractivity contribution in [2.45, 2.75) is 6.92 Å². The van der Waals surface area contributed by atoms with Gasteiger partial charge in [0.15, 0.2) is 0 Å². The first-order valence-corrected chi connectivity index (χ1v) is 6.80. The second-order valence-corrected chi connectivity index (χ2v) is 5.23. The number of imidazole rings is 1. The fraction of sp³-hybridized carbons (Fsp3) is 0.357. The normalized spacial score (nSPS) is 15.0. The summed E-state index contributed by atoms with van der Waals surface area (Å²) < 4.78 is 0. The second kappa shape index (κ2) is 5.08. The summed E-state index contributed by atoms with van der Waals surface area (Å²) in [6, 6.07) is 5.68. The van der Waals surface area contributed by atoms with E-state index < -0.39 is 0 Å². The minimum absolute atomic E-state index is 0.0409. The van der Waals surface area contributed by atoms with Crippen LogP contribution in [0, 0.1) is 6.92 Å². The third kappa shape index (κ3) is 2.54. The van der Waals surface area contributed by atoms with Crippen molar-refractivity contribution < 1.29 is 9.59 Å². The van der Waals surface area contributed by atoms with Gasteiger partial charge in [0.1, 0.15) is 6.54 Å². The number of anilines is 1. The fourth-order valence-electron chi connectivity index (χ4n) is 2.43. The summed E-state index contributed by atoms with van der Waals surface area (Å²) in [6.45, 7) is 3.23. The Bertz CT molecular complexity index is 708. The molecule has 1 aromatic heterocycles. The minimum atomic E-state index is -0.254. The number of amides is 3. The van der Waals surface area contributed by atoms with Crippen LogP contribution in [-0.2, 0) is 4.79 Å². The number of nitrogens with zero attached hydrogens (tertiary/aromatic N) is 3. The monoisotopic (exact) mass is 287 g/mol. The second-order valence-electron chi connectivity index (χ2n) is 5.23. The summed E-state index contributed by atoms with van der Waals surface area (Å²) in [6.07, 6.45) is 0. The van der Waals surface area contributed by atoms with E-state index in [0.29, 0.717) is 19.0 Å². The van der Waals surface area contributed by atoms with Crippen LogP contribution in [0.3, 0.4) is 0 Å². The molecule has 1 aliphatic heterocycles. The van der Waals surface area contributed by atoms with E-state index in [1.807, 2.05) is 25.1 Å². The number of hydrogen-bond donors (Lipinski definition) is 2. The molecule has 1 aliphatic rings. The van der Waals surface area contributed by atoms with Crippen LogP contribution >= 0.6 is 0 Å². The predicted octanol–water partition coefficient (Wildman–Crippen LogP) is 1.18. The van der Waals surface area contributed by atoms with Crippen molar-refractivity contribution in [3.63, 3.8) is 0 Å². The molecule has 1 fully saturated rings. The zero-order valence-corrected chi connectivity index (χ0v) is 12.0. The molecule has 0 bridgehead atoms. The summed E-state index contributed by atoms with van der Waals surface area (Å²) in [7, 11) is 1.72. The molecule has 0 unspecified atom stereocenters. The number of carbonyl (C=O) groups excluding carboxylic acids is 2. The fourth-order valence-corrected chi connectivity index (χ4v) is 2.43. The van der Waals surface area contributed by atoms with Crippen molar-refractivity contribution in [1.29, 1.82) is 0 Å². The number of benzene rings is 1. The Labute approximate surface area is 121 Å². The molecule has 110 valence electrons. The van der Waals surface area contributed by atoms with E-state index in [1.165, 1.54) is 4.90 Å².